The summed E-state index contributed by atoms with van der Waals surface area (Å²) in [5.74, 6) is -1.88. The van der Waals surface area contributed by atoms with E-state index >= 15 is 0 Å². The first kappa shape index (κ1) is 21.9. The molecule has 1 aromatic heterocycles. The lowest BCUT2D eigenvalue weighted by Gasteiger charge is -2.13. The number of rotatable bonds is 9. The maximum atomic E-state index is 12.2. The maximum Gasteiger partial charge on any atom is 0.340 e. The average molecular weight is 404 g/mol. The lowest BCUT2D eigenvalue weighted by atomic mass is 10.0. The van der Waals surface area contributed by atoms with Crippen molar-refractivity contribution >= 4 is 28.8 Å². The second-order valence-electron chi connectivity index (χ2n) is 6.79. The zero-order chi connectivity index (χ0) is 21.6. The minimum Gasteiger partial charge on any atom is -0.508 e. The Balaban J connectivity index is 1.88. The average Bonchev–Trinajstić information content (AvgIpc) is 2.63. The van der Waals surface area contributed by atoms with Crippen LogP contribution in [0, 0.1) is 6.92 Å². The van der Waals surface area contributed by atoms with Gasteiger partial charge in [-0.2, -0.15) is 0 Å². The predicted molar refractivity (Wildman–Crippen MR) is 105 cm³/mol. The summed E-state index contributed by atoms with van der Waals surface area (Å²) in [5, 5.41) is 24.2. The van der Waals surface area contributed by atoms with Crippen molar-refractivity contribution in [3.63, 3.8) is 0 Å². The van der Waals surface area contributed by atoms with Gasteiger partial charge in [0.05, 0.1) is 12.0 Å². The summed E-state index contributed by atoms with van der Waals surface area (Å²) in [6.45, 7) is 3.29. The third-order valence-corrected chi connectivity index (χ3v) is 4.53. The number of fused-ring (bicyclic) bond motifs is 1. The Bertz CT molecular complexity index is 981. The molecule has 0 aliphatic heterocycles. The van der Waals surface area contributed by atoms with E-state index in [9.17, 15) is 24.3 Å². The Morgan fingerprint density at radius 2 is 1.93 bits per heavy atom. The van der Waals surface area contributed by atoms with Gasteiger partial charge in [-0.1, -0.05) is 0 Å². The van der Waals surface area contributed by atoms with E-state index in [-0.39, 0.29) is 35.6 Å². The Labute approximate surface area is 166 Å². The maximum absolute atomic E-state index is 12.2. The third kappa shape index (κ3) is 6.06. The fraction of sp³-hybridized carbons (Fsp3) is 0.400. The summed E-state index contributed by atoms with van der Waals surface area (Å²) in [6.07, 6.45) is 1.14. The number of benzene rings is 1. The van der Waals surface area contributed by atoms with Gasteiger partial charge in [0.2, 0.25) is 11.8 Å². The number of phenols is 1. The van der Waals surface area contributed by atoms with Crippen molar-refractivity contribution in [2.45, 2.75) is 45.6 Å². The second-order valence-corrected chi connectivity index (χ2v) is 6.79. The molecule has 2 aromatic rings. The summed E-state index contributed by atoms with van der Waals surface area (Å²) >= 11 is 0. The van der Waals surface area contributed by atoms with Crippen LogP contribution in [0.4, 0.5) is 0 Å². The van der Waals surface area contributed by atoms with E-state index in [1.165, 1.54) is 19.1 Å². The standard InChI is InChI=1S/C20H24N2O7/c1-11-14-7-6-13(24)9-17(14)29-20(28)15(11)10-18(25)21-8-4-3-5-16(19(26)27)22-12(2)23/h6-7,9,16,24H,3-5,8,10H2,1-2H3,(H,21,25)(H,22,23)(H,26,27)/t16-/m0/s1. The number of carboxylic acids is 1. The molecule has 0 aliphatic rings. The van der Waals surface area contributed by atoms with Gasteiger partial charge in [0.15, 0.2) is 0 Å². The summed E-state index contributed by atoms with van der Waals surface area (Å²) < 4.78 is 5.19. The van der Waals surface area contributed by atoms with Crippen molar-refractivity contribution in [3.05, 3.63) is 39.7 Å². The van der Waals surface area contributed by atoms with Gasteiger partial charge in [-0.05, 0) is 43.9 Å². The van der Waals surface area contributed by atoms with Crippen molar-refractivity contribution in [1.29, 1.82) is 0 Å². The van der Waals surface area contributed by atoms with Crippen LogP contribution in [0.3, 0.4) is 0 Å². The molecule has 0 bridgehead atoms. The highest BCUT2D eigenvalue weighted by Crippen LogP contribution is 2.23. The topological polar surface area (TPSA) is 146 Å². The van der Waals surface area contributed by atoms with E-state index < -0.39 is 23.5 Å². The highest BCUT2D eigenvalue weighted by molar-refractivity contribution is 5.85. The number of hydrogen-bond acceptors (Lipinski definition) is 6. The summed E-state index contributed by atoms with van der Waals surface area (Å²) in [4.78, 5) is 46.4. The summed E-state index contributed by atoms with van der Waals surface area (Å²) in [5.41, 5.74) is 0.488. The van der Waals surface area contributed by atoms with Gasteiger partial charge in [0, 0.05) is 24.9 Å². The molecular weight excluding hydrogens is 380 g/mol. The zero-order valence-corrected chi connectivity index (χ0v) is 16.3. The highest BCUT2D eigenvalue weighted by atomic mass is 16.4. The first-order valence-corrected chi connectivity index (χ1v) is 9.21. The number of amides is 2. The van der Waals surface area contributed by atoms with E-state index in [0.29, 0.717) is 30.3 Å². The Hall–Kier alpha value is -3.36. The second kappa shape index (κ2) is 9.72. The molecule has 0 spiro atoms. The Kier molecular flexibility index (Phi) is 7.35. The first-order valence-electron chi connectivity index (χ1n) is 9.21. The zero-order valence-electron chi connectivity index (χ0n) is 16.3. The van der Waals surface area contributed by atoms with Gasteiger partial charge in [-0.15, -0.1) is 0 Å². The van der Waals surface area contributed by atoms with E-state index in [1.807, 2.05) is 0 Å². The van der Waals surface area contributed by atoms with Gasteiger partial charge < -0.3 is 25.3 Å². The minimum absolute atomic E-state index is 0.0193. The number of nitrogens with one attached hydrogen (secondary N) is 2. The molecule has 0 radical (unpaired) electrons. The molecule has 1 atom stereocenters. The number of carbonyl (C=O) groups is 3. The SMILES string of the molecule is CC(=O)N[C@@H](CCCCNC(=O)Cc1c(C)c2ccc(O)cc2oc1=O)C(=O)O. The van der Waals surface area contributed by atoms with Crippen LogP contribution in [-0.2, 0) is 20.8 Å². The van der Waals surface area contributed by atoms with Crippen molar-refractivity contribution in [1.82, 2.24) is 10.6 Å². The molecule has 9 nitrogen and oxygen atoms in total. The van der Waals surface area contributed by atoms with E-state index in [0.717, 1.165) is 0 Å². The molecule has 1 heterocycles. The van der Waals surface area contributed by atoms with Crippen molar-refractivity contribution in [2.24, 2.45) is 0 Å². The van der Waals surface area contributed by atoms with Gasteiger partial charge in [0.1, 0.15) is 17.4 Å². The third-order valence-electron chi connectivity index (χ3n) is 4.53. The smallest absolute Gasteiger partial charge is 0.340 e. The molecule has 0 saturated heterocycles. The lowest BCUT2D eigenvalue weighted by molar-refractivity contribution is -0.141. The molecule has 0 saturated carbocycles. The number of aryl methyl sites for hydroxylation is 1. The number of aromatic hydroxyl groups is 1. The predicted octanol–water partition coefficient (Wildman–Crippen LogP) is 1.23. The lowest BCUT2D eigenvalue weighted by Crippen LogP contribution is -2.39. The molecule has 1 aromatic carbocycles. The Morgan fingerprint density at radius 3 is 2.59 bits per heavy atom. The molecule has 9 heteroatoms. The monoisotopic (exact) mass is 404 g/mol. The largest absolute Gasteiger partial charge is 0.508 e. The van der Waals surface area contributed by atoms with Crippen LogP contribution >= 0.6 is 0 Å². The summed E-state index contributed by atoms with van der Waals surface area (Å²) in [7, 11) is 0. The number of aliphatic carboxylic acids is 1. The van der Waals surface area contributed by atoms with Crippen molar-refractivity contribution in [3.8, 4) is 5.75 Å². The van der Waals surface area contributed by atoms with E-state index in [2.05, 4.69) is 10.6 Å². The number of unbranched alkanes of at least 4 members (excludes halogenated alkanes) is 1. The van der Waals surface area contributed by atoms with Gasteiger partial charge in [0.25, 0.3) is 0 Å². The van der Waals surface area contributed by atoms with Crippen LogP contribution in [0.25, 0.3) is 11.0 Å². The van der Waals surface area contributed by atoms with Crippen LogP contribution in [0.2, 0.25) is 0 Å². The highest BCUT2D eigenvalue weighted by Gasteiger charge is 2.18. The van der Waals surface area contributed by atoms with Crippen LogP contribution in [0.1, 0.15) is 37.3 Å². The fourth-order valence-electron chi connectivity index (χ4n) is 3.01. The quantitative estimate of drug-likeness (QED) is 0.363. The van der Waals surface area contributed by atoms with Crippen LogP contribution in [0.5, 0.6) is 5.75 Å². The number of carbonyl (C=O) groups excluding carboxylic acids is 2. The molecular formula is C20H24N2O7. The van der Waals surface area contributed by atoms with Gasteiger partial charge in [-0.25, -0.2) is 9.59 Å². The van der Waals surface area contributed by atoms with Gasteiger partial charge in [-0.3, -0.25) is 9.59 Å². The molecule has 4 N–H and O–H groups in total. The van der Waals surface area contributed by atoms with E-state index in [4.69, 9.17) is 9.52 Å². The molecule has 29 heavy (non-hydrogen) atoms. The molecule has 0 fully saturated rings. The molecule has 156 valence electrons. The van der Waals surface area contributed by atoms with Crippen molar-refractivity contribution < 1.29 is 29.0 Å². The first-order chi connectivity index (χ1) is 13.7. The Morgan fingerprint density at radius 1 is 1.21 bits per heavy atom. The number of phenolic OH excluding ortho intramolecular Hbond substituents is 1. The molecule has 0 aliphatic carbocycles. The molecule has 2 amide bonds. The van der Waals surface area contributed by atoms with Crippen LogP contribution < -0.4 is 16.3 Å². The summed E-state index contributed by atoms with van der Waals surface area (Å²) in [6, 6.07) is 3.49. The normalized spacial score (nSPS) is 11.8. The molecule has 2 rings (SSSR count). The molecule has 0 unspecified atom stereocenters. The number of hydrogen-bond donors (Lipinski definition) is 4. The van der Waals surface area contributed by atoms with Gasteiger partial charge >= 0.3 is 11.6 Å². The van der Waals surface area contributed by atoms with Crippen LogP contribution in [0.15, 0.2) is 27.4 Å². The number of carboxylic acid groups (broad SMARTS) is 1. The minimum atomic E-state index is -1.10. The van der Waals surface area contributed by atoms with Crippen molar-refractivity contribution in [2.75, 3.05) is 6.54 Å². The van der Waals surface area contributed by atoms with Crippen LogP contribution in [-0.4, -0.2) is 40.6 Å². The fourth-order valence-corrected chi connectivity index (χ4v) is 3.01. The van der Waals surface area contributed by atoms with E-state index in [1.54, 1.807) is 13.0 Å².